The minimum Gasteiger partial charge on any atom is -0.339 e. The SMILES string of the molecule is CCC(N)C(C)c1nc(Cc2ccncc2)no1. The van der Waals surface area contributed by atoms with Crippen LogP contribution in [0.2, 0.25) is 0 Å². The van der Waals surface area contributed by atoms with Crippen LogP contribution in [0.5, 0.6) is 0 Å². The van der Waals surface area contributed by atoms with E-state index in [0.29, 0.717) is 18.1 Å². The molecule has 96 valence electrons. The Bertz CT molecular complexity index is 483. The third kappa shape index (κ3) is 2.92. The summed E-state index contributed by atoms with van der Waals surface area (Å²) in [5.41, 5.74) is 7.09. The molecule has 0 radical (unpaired) electrons. The van der Waals surface area contributed by atoms with Gasteiger partial charge in [0, 0.05) is 24.9 Å². The molecule has 2 heterocycles. The van der Waals surface area contributed by atoms with Crippen LogP contribution >= 0.6 is 0 Å². The van der Waals surface area contributed by atoms with Crippen molar-refractivity contribution in [2.24, 2.45) is 5.73 Å². The molecule has 0 fully saturated rings. The molecule has 2 unspecified atom stereocenters. The summed E-state index contributed by atoms with van der Waals surface area (Å²) in [6, 6.07) is 3.94. The predicted octanol–water partition coefficient (Wildman–Crippen LogP) is 1.90. The number of aromatic nitrogens is 3. The Morgan fingerprint density at radius 2 is 2.06 bits per heavy atom. The van der Waals surface area contributed by atoms with E-state index in [2.05, 4.69) is 22.0 Å². The van der Waals surface area contributed by atoms with Gasteiger partial charge < -0.3 is 10.3 Å². The van der Waals surface area contributed by atoms with Gasteiger partial charge in [-0.2, -0.15) is 4.98 Å². The van der Waals surface area contributed by atoms with Crippen molar-refractivity contribution in [1.82, 2.24) is 15.1 Å². The Balaban J connectivity index is 2.07. The number of rotatable bonds is 5. The molecule has 0 aliphatic rings. The van der Waals surface area contributed by atoms with Crippen LogP contribution in [0, 0.1) is 0 Å². The first-order valence-electron chi connectivity index (χ1n) is 6.17. The van der Waals surface area contributed by atoms with Crippen molar-refractivity contribution in [1.29, 1.82) is 0 Å². The maximum absolute atomic E-state index is 5.97. The molecule has 0 aromatic carbocycles. The van der Waals surface area contributed by atoms with Gasteiger partial charge in [-0.3, -0.25) is 4.98 Å². The summed E-state index contributed by atoms with van der Waals surface area (Å²) < 4.78 is 5.26. The number of pyridine rings is 1. The highest BCUT2D eigenvalue weighted by Crippen LogP contribution is 2.18. The van der Waals surface area contributed by atoms with E-state index >= 15 is 0 Å². The molecule has 0 bridgehead atoms. The van der Waals surface area contributed by atoms with Crippen LogP contribution in [0.1, 0.15) is 43.5 Å². The molecule has 0 saturated carbocycles. The van der Waals surface area contributed by atoms with E-state index in [1.54, 1.807) is 12.4 Å². The second-order valence-corrected chi connectivity index (χ2v) is 4.44. The average molecular weight is 246 g/mol. The standard InChI is InChI=1S/C13H18N4O/c1-3-11(14)9(2)13-16-12(17-18-13)8-10-4-6-15-7-5-10/h4-7,9,11H,3,8,14H2,1-2H3. The Hall–Kier alpha value is -1.75. The van der Waals surface area contributed by atoms with Gasteiger partial charge in [0.05, 0.1) is 5.92 Å². The number of nitrogens with zero attached hydrogens (tertiary/aromatic N) is 3. The van der Waals surface area contributed by atoms with Crippen molar-refractivity contribution < 1.29 is 4.52 Å². The van der Waals surface area contributed by atoms with Gasteiger partial charge in [0.2, 0.25) is 5.89 Å². The lowest BCUT2D eigenvalue weighted by molar-refractivity contribution is 0.337. The van der Waals surface area contributed by atoms with Crippen LogP contribution in [0.25, 0.3) is 0 Å². The van der Waals surface area contributed by atoms with Crippen LogP contribution in [-0.4, -0.2) is 21.2 Å². The zero-order chi connectivity index (χ0) is 13.0. The van der Waals surface area contributed by atoms with Gasteiger partial charge >= 0.3 is 0 Å². The van der Waals surface area contributed by atoms with E-state index in [1.807, 2.05) is 19.1 Å². The Labute approximate surface area is 106 Å². The maximum Gasteiger partial charge on any atom is 0.231 e. The first kappa shape index (κ1) is 12.7. The molecule has 18 heavy (non-hydrogen) atoms. The summed E-state index contributed by atoms with van der Waals surface area (Å²) in [6.07, 6.45) is 5.06. The molecule has 2 aromatic rings. The number of hydrogen-bond donors (Lipinski definition) is 1. The van der Waals surface area contributed by atoms with Gasteiger partial charge in [0.1, 0.15) is 0 Å². The lowest BCUT2D eigenvalue weighted by atomic mass is 10.0. The molecule has 2 N–H and O–H groups in total. The Kier molecular flexibility index (Phi) is 4.04. The fourth-order valence-corrected chi connectivity index (χ4v) is 1.74. The minimum atomic E-state index is 0.0548. The summed E-state index contributed by atoms with van der Waals surface area (Å²) >= 11 is 0. The second kappa shape index (κ2) is 5.73. The summed E-state index contributed by atoms with van der Waals surface area (Å²) in [6.45, 7) is 4.06. The topological polar surface area (TPSA) is 77.8 Å². The van der Waals surface area contributed by atoms with Crippen LogP contribution in [-0.2, 0) is 6.42 Å². The molecule has 5 nitrogen and oxygen atoms in total. The average Bonchev–Trinajstić information content (AvgIpc) is 2.86. The van der Waals surface area contributed by atoms with E-state index in [-0.39, 0.29) is 12.0 Å². The molecule has 0 aliphatic heterocycles. The number of nitrogens with two attached hydrogens (primary N) is 1. The van der Waals surface area contributed by atoms with Crippen LogP contribution in [0.4, 0.5) is 0 Å². The van der Waals surface area contributed by atoms with Crippen LogP contribution in [0.15, 0.2) is 29.0 Å². The van der Waals surface area contributed by atoms with Crippen LogP contribution in [0.3, 0.4) is 0 Å². The monoisotopic (exact) mass is 246 g/mol. The molecule has 0 spiro atoms. The van der Waals surface area contributed by atoms with Gasteiger partial charge in [-0.25, -0.2) is 0 Å². The second-order valence-electron chi connectivity index (χ2n) is 4.44. The van der Waals surface area contributed by atoms with Crippen molar-refractivity contribution in [2.45, 2.75) is 38.6 Å². The molecule has 2 atom stereocenters. The molecular formula is C13H18N4O. The highest BCUT2D eigenvalue weighted by atomic mass is 16.5. The fourth-order valence-electron chi connectivity index (χ4n) is 1.74. The van der Waals surface area contributed by atoms with Crippen molar-refractivity contribution in [3.8, 4) is 0 Å². The zero-order valence-corrected chi connectivity index (χ0v) is 10.7. The summed E-state index contributed by atoms with van der Waals surface area (Å²) in [7, 11) is 0. The maximum atomic E-state index is 5.97. The summed E-state index contributed by atoms with van der Waals surface area (Å²) in [5, 5.41) is 3.99. The molecule has 0 amide bonds. The van der Waals surface area contributed by atoms with Crippen molar-refractivity contribution in [2.75, 3.05) is 0 Å². The van der Waals surface area contributed by atoms with Crippen molar-refractivity contribution in [3.63, 3.8) is 0 Å². The van der Waals surface area contributed by atoms with E-state index < -0.39 is 0 Å². The third-order valence-corrected chi connectivity index (χ3v) is 3.10. The Morgan fingerprint density at radius 3 is 2.72 bits per heavy atom. The number of hydrogen-bond acceptors (Lipinski definition) is 5. The van der Waals surface area contributed by atoms with Gasteiger partial charge in [-0.15, -0.1) is 0 Å². The first-order chi connectivity index (χ1) is 8.70. The van der Waals surface area contributed by atoms with Gasteiger partial charge in [0.25, 0.3) is 0 Å². The Morgan fingerprint density at radius 1 is 1.33 bits per heavy atom. The molecular weight excluding hydrogens is 228 g/mol. The van der Waals surface area contributed by atoms with Gasteiger partial charge in [-0.1, -0.05) is 19.0 Å². The van der Waals surface area contributed by atoms with E-state index in [4.69, 9.17) is 10.3 Å². The summed E-state index contributed by atoms with van der Waals surface area (Å²) in [5.74, 6) is 1.40. The smallest absolute Gasteiger partial charge is 0.231 e. The molecule has 0 saturated heterocycles. The van der Waals surface area contributed by atoms with Crippen molar-refractivity contribution in [3.05, 3.63) is 41.8 Å². The summed E-state index contributed by atoms with van der Waals surface area (Å²) in [4.78, 5) is 8.37. The lowest BCUT2D eigenvalue weighted by Crippen LogP contribution is -2.25. The largest absolute Gasteiger partial charge is 0.339 e. The van der Waals surface area contributed by atoms with Gasteiger partial charge in [-0.05, 0) is 24.1 Å². The van der Waals surface area contributed by atoms with Gasteiger partial charge in [0.15, 0.2) is 5.82 Å². The molecule has 2 aromatic heterocycles. The fraction of sp³-hybridized carbons (Fsp3) is 0.462. The highest BCUT2D eigenvalue weighted by molar-refractivity contribution is 5.15. The van der Waals surface area contributed by atoms with Crippen LogP contribution < -0.4 is 5.73 Å². The van der Waals surface area contributed by atoms with Crippen molar-refractivity contribution >= 4 is 0 Å². The highest BCUT2D eigenvalue weighted by Gasteiger charge is 2.19. The lowest BCUT2D eigenvalue weighted by Gasteiger charge is -2.13. The quantitative estimate of drug-likeness (QED) is 0.871. The third-order valence-electron chi connectivity index (χ3n) is 3.10. The van der Waals surface area contributed by atoms with E-state index in [9.17, 15) is 0 Å². The molecule has 0 aliphatic carbocycles. The minimum absolute atomic E-state index is 0.0548. The predicted molar refractivity (Wildman–Crippen MR) is 68.0 cm³/mol. The zero-order valence-electron chi connectivity index (χ0n) is 10.7. The van der Waals surface area contributed by atoms with E-state index in [1.165, 1.54) is 0 Å². The normalized spacial score (nSPS) is 14.4. The molecule has 2 rings (SSSR count). The van der Waals surface area contributed by atoms with E-state index in [0.717, 1.165) is 12.0 Å². The molecule has 5 heteroatoms. The first-order valence-corrected chi connectivity index (χ1v) is 6.17.